The van der Waals surface area contributed by atoms with Gasteiger partial charge in [-0.15, -0.1) is 0 Å². The summed E-state index contributed by atoms with van der Waals surface area (Å²) in [7, 11) is 0. The number of nitrogens with one attached hydrogen (secondary N) is 1. The fraction of sp³-hybridized carbons (Fsp3) is 0.227. The molecule has 0 unspecified atom stereocenters. The third kappa shape index (κ3) is 4.12. The van der Waals surface area contributed by atoms with E-state index in [0.29, 0.717) is 29.7 Å². The average Bonchev–Trinajstić information content (AvgIpc) is 3.21. The molecule has 30 heavy (non-hydrogen) atoms. The van der Waals surface area contributed by atoms with Crippen LogP contribution >= 0.6 is 0 Å². The first-order chi connectivity index (χ1) is 14.5. The molecule has 0 radical (unpaired) electrons. The number of nitrogens with zero attached hydrogens (tertiary/aromatic N) is 4. The standard InChI is InChI=1S/C22H21N5O3/c1-14-7-9-16(10-8-14)11-12-23-20(28)21-25-19(26-30-21)13-27-15(2)24-18-6-4-3-5-17(18)22(27)29/h3-10H,11-13H2,1-2H3,(H,23,28). The highest BCUT2D eigenvalue weighted by Gasteiger charge is 2.16. The number of aromatic nitrogens is 4. The molecule has 0 aliphatic heterocycles. The topological polar surface area (TPSA) is 103 Å². The quantitative estimate of drug-likeness (QED) is 0.530. The fourth-order valence-electron chi connectivity index (χ4n) is 3.17. The van der Waals surface area contributed by atoms with Crippen LogP contribution in [0.2, 0.25) is 0 Å². The predicted octanol–water partition coefficient (Wildman–Crippen LogP) is 2.42. The van der Waals surface area contributed by atoms with Crippen molar-refractivity contribution in [2.75, 3.05) is 6.54 Å². The number of carbonyl (C=O) groups excluding carboxylic acids is 1. The predicted molar refractivity (Wildman–Crippen MR) is 111 cm³/mol. The van der Waals surface area contributed by atoms with Crippen molar-refractivity contribution >= 4 is 16.8 Å². The van der Waals surface area contributed by atoms with Gasteiger partial charge in [0, 0.05) is 6.54 Å². The second kappa shape index (κ2) is 8.28. The highest BCUT2D eigenvalue weighted by atomic mass is 16.5. The van der Waals surface area contributed by atoms with E-state index >= 15 is 0 Å². The molecule has 4 rings (SSSR count). The molecule has 0 spiro atoms. The van der Waals surface area contributed by atoms with Crippen LogP contribution in [0, 0.1) is 13.8 Å². The third-order valence-electron chi connectivity index (χ3n) is 4.83. The van der Waals surface area contributed by atoms with Crippen molar-refractivity contribution in [2.24, 2.45) is 0 Å². The lowest BCUT2D eigenvalue weighted by molar-refractivity contribution is 0.0910. The van der Waals surface area contributed by atoms with Gasteiger partial charge in [-0.3, -0.25) is 14.2 Å². The number of hydrogen-bond donors (Lipinski definition) is 1. The molecule has 0 saturated heterocycles. The number of fused-ring (bicyclic) bond motifs is 1. The maximum absolute atomic E-state index is 12.7. The van der Waals surface area contributed by atoms with E-state index in [1.165, 1.54) is 10.1 Å². The molecule has 0 bridgehead atoms. The first-order valence-corrected chi connectivity index (χ1v) is 9.64. The van der Waals surface area contributed by atoms with Gasteiger partial charge in [-0.1, -0.05) is 47.1 Å². The zero-order valence-electron chi connectivity index (χ0n) is 16.8. The van der Waals surface area contributed by atoms with Crippen LogP contribution in [-0.4, -0.2) is 32.1 Å². The Hall–Kier alpha value is -3.81. The van der Waals surface area contributed by atoms with Gasteiger partial charge >= 0.3 is 11.8 Å². The maximum atomic E-state index is 12.7. The normalized spacial score (nSPS) is 11.0. The van der Waals surface area contributed by atoms with Crippen molar-refractivity contribution in [1.82, 2.24) is 25.0 Å². The molecule has 2 aromatic carbocycles. The van der Waals surface area contributed by atoms with E-state index < -0.39 is 5.91 Å². The molecule has 0 aliphatic rings. The van der Waals surface area contributed by atoms with Crippen LogP contribution in [0.4, 0.5) is 0 Å². The molecule has 0 fully saturated rings. The van der Waals surface area contributed by atoms with Crippen molar-refractivity contribution in [3.63, 3.8) is 0 Å². The molecular weight excluding hydrogens is 382 g/mol. The summed E-state index contributed by atoms with van der Waals surface area (Å²) in [4.78, 5) is 33.6. The summed E-state index contributed by atoms with van der Waals surface area (Å²) >= 11 is 0. The largest absolute Gasteiger partial charge is 0.347 e. The minimum absolute atomic E-state index is 0.0721. The Bertz CT molecular complexity index is 1260. The maximum Gasteiger partial charge on any atom is 0.316 e. The van der Waals surface area contributed by atoms with E-state index in [1.807, 2.05) is 37.3 Å². The zero-order valence-corrected chi connectivity index (χ0v) is 16.8. The van der Waals surface area contributed by atoms with Crippen molar-refractivity contribution in [3.8, 4) is 0 Å². The number of para-hydroxylation sites is 1. The van der Waals surface area contributed by atoms with Gasteiger partial charge in [-0.25, -0.2) is 4.98 Å². The minimum atomic E-state index is -0.443. The molecule has 1 N–H and O–H groups in total. The highest BCUT2D eigenvalue weighted by molar-refractivity contribution is 5.89. The molecular formula is C22H21N5O3. The van der Waals surface area contributed by atoms with Gasteiger partial charge in [-0.2, -0.15) is 4.98 Å². The van der Waals surface area contributed by atoms with Crippen molar-refractivity contribution in [2.45, 2.75) is 26.8 Å². The van der Waals surface area contributed by atoms with Gasteiger partial charge in [0.2, 0.25) is 0 Å². The molecule has 0 saturated carbocycles. The summed E-state index contributed by atoms with van der Waals surface area (Å²) in [6.45, 7) is 4.30. The SMILES string of the molecule is Cc1ccc(CCNC(=O)c2nc(Cn3c(C)nc4ccccc4c3=O)no2)cc1. The van der Waals surface area contributed by atoms with E-state index in [1.54, 1.807) is 25.1 Å². The number of amides is 1. The minimum Gasteiger partial charge on any atom is -0.347 e. The van der Waals surface area contributed by atoms with Crippen molar-refractivity contribution in [3.05, 3.63) is 87.6 Å². The lowest BCUT2D eigenvalue weighted by Gasteiger charge is -2.08. The van der Waals surface area contributed by atoms with E-state index in [0.717, 1.165) is 5.56 Å². The second-order valence-corrected chi connectivity index (χ2v) is 7.07. The number of benzene rings is 2. The van der Waals surface area contributed by atoms with Crippen LogP contribution in [0.25, 0.3) is 10.9 Å². The molecule has 8 nitrogen and oxygen atoms in total. The van der Waals surface area contributed by atoms with Gasteiger partial charge in [-0.05, 0) is 38.0 Å². The molecule has 0 aliphatic carbocycles. The van der Waals surface area contributed by atoms with Gasteiger partial charge in [0.1, 0.15) is 5.82 Å². The Kier molecular flexibility index (Phi) is 5.38. The molecule has 2 heterocycles. The van der Waals surface area contributed by atoms with Gasteiger partial charge in [0.05, 0.1) is 17.4 Å². The summed E-state index contributed by atoms with van der Waals surface area (Å²) in [5.74, 6) is 0.198. The summed E-state index contributed by atoms with van der Waals surface area (Å²) in [6, 6.07) is 15.3. The van der Waals surface area contributed by atoms with Gasteiger partial charge in [0.25, 0.3) is 5.56 Å². The van der Waals surface area contributed by atoms with Gasteiger partial charge in [0.15, 0.2) is 5.82 Å². The van der Waals surface area contributed by atoms with E-state index in [-0.39, 0.29) is 23.8 Å². The number of rotatable bonds is 6. The molecule has 1 amide bonds. The van der Waals surface area contributed by atoms with Gasteiger partial charge < -0.3 is 9.84 Å². The van der Waals surface area contributed by atoms with Crippen LogP contribution in [0.5, 0.6) is 0 Å². The summed E-state index contributed by atoms with van der Waals surface area (Å²) in [5.41, 5.74) is 2.77. The number of hydrogen-bond acceptors (Lipinski definition) is 6. The first-order valence-electron chi connectivity index (χ1n) is 9.64. The summed E-state index contributed by atoms with van der Waals surface area (Å²) < 4.78 is 6.54. The number of aryl methyl sites for hydroxylation is 2. The van der Waals surface area contributed by atoms with Crippen molar-refractivity contribution in [1.29, 1.82) is 0 Å². The fourth-order valence-corrected chi connectivity index (χ4v) is 3.17. The molecule has 2 aromatic heterocycles. The molecule has 4 aromatic rings. The Morgan fingerprint density at radius 1 is 1.07 bits per heavy atom. The van der Waals surface area contributed by atoms with E-state index in [9.17, 15) is 9.59 Å². The number of carbonyl (C=O) groups is 1. The van der Waals surface area contributed by atoms with Crippen LogP contribution < -0.4 is 10.9 Å². The zero-order chi connectivity index (χ0) is 21.1. The van der Waals surface area contributed by atoms with E-state index in [4.69, 9.17) is 4.52 Å². The Balaban J connectivity index is 1.43. The van der Waals surface area contributed by atoms with Crippen molar-refractivity contribution < 1.29 is 9.32 Å². The average molecular weight is 403 g/mol. The van der Waals surface area contributed by atoms with Crippen LogP contribution in [0.15, 0.2) is 57.8 Å². The Morgan fingerprint density at radius 3 is 2.63 bits per heavy atom. The smallest absolute Gasteiger partial charge is 0.316 e. The summed E-state index contributed by atoms with van der Waals surface area (Å²) in [5, 5.41) is 7.12. The monoisotopic (exact) mass is 403 g/mol. The van der Waals surface area contributed by atoms with Crippen LogP contribution in [0.1, 0.15) is 33.5 Å². The lowest BCUT2D eigenvalue weighted by Crippen LogP contribution is -2.26. The van der Waals surface area contributed by atoms with Crippen LogP contribution in [-0.2, 0) is 13.0 Å². The van der Waals surface area contributed by atoms with Crippen LogP contribution in [0.3, 0.4) is 0 Å². The Morgan fingerprint density at radius 2 is 1.83 bits per heavy atom. The first kappa shape index (κ1) is 19.5. The molecule has 0 atom stereocenters. The molecule has 8 heteroatoms. The lowest BCUT2D eigenvalue weighted by atomic mass is 10.1. The Labute approximate surface area is 172 Å². The van der Waals surface area contributed by atoms with E-state index in [2.05, 4.69) is 20.4 Å². The summed E-state index contributed by atoms with van der Waals surface area (Å²) in [6.07, 6.45) is 0.699. The molecule has 152 valence electrons. The highest BCUT2D eigenvalue weighted by Crippen LogP contribution is 2.09. The second-order valence-electron chi connectivity index (χ2n) is 7.07. The third-order valence-corrected chi connectivity index (χ3v) is 4.83.